The summed E-state index contributed by atoms with van der Waals surface area (Å²) in [6, 6.07) is 7.94. The standard InChI is InChI=1S/C9H12IN3/c1-7-5-3-4-6-8(7)12-9(11)13-10-2/h3-6H,2H2,1H3,(H3,11,12,13). The van der Waals surface area contributed by atoms with Crippen LogP contribution in [0.4, 0.5) is 5.69 Å². The molecule has 1 aromatic rings. The lowest BCUT2D eigenvalue weighted by Gasteiger charge is -2.06. The maximum absolute atomic E-state index is 5.61. The van der Waals surface area contributed by atoms with Crippen LogP contribution in [0.2, 0.25) is 0 Å². The number of benzene rings is 1. The molecule has 0 bridgehead atoms. The molecular formula is C9H12IN3. The van der Waals surface area contributed by atoms with E-state index in [-0.39, 0.29) is 0 Å². The summed E-state index contributed by atoms with van der Waals surface area (Å²) in [4.78, 5) is 0. The van der Waals surface area contributed by atoms with Gasteiger partial charge < -0.3 is 11.1 Å². The minimum Gasteiger partial charge on any atom is -0.369 e. The maximum atomic E-state index is 5.61. The van der Waals surface area contributed by atoms with Crippen molar-refractivity contribution in [3.8, 4) is 0 Å². The fraction of sp³-hybridized carbons (Fsp3) is 0.111. The zero-order chi connectivity index (χ0) is 9.68. The number of nitrogens with zero attached hydrogens (tertiary/aromatic N) is 1. The first-order valence-electron chi connectivity index (χ1n) is 3.78. The second-order valence-corrected chi connectivity index (χ2v) is 3.69. The van der Waals surface area contributed by atoms with Crippen molar-refractivity contribution in [2.24, 2.45) is 8.94 Å². The van der Waals surface area contributed by atoms with Gasteiger partial charge in [0, 0.05) is 26.7 Å². The highest BCUT2D eigenvalue weighted by atomic mass is 127. The first kappa shape index (κ1) is 10.2. The summed E-state index contributed by atoms with van der Waals surface area (Å²) in [6.07, 6.45) is 0. The van der Waals surface area contributed by atoms with E-state index < -0.39 is 21.0 Å². The summed E-state index contributed by atoms with van der Waals surface area (Å²) in [5.41, 5.74) is 7.77. The summed E-state index contributed by atoms with van der Waals surface area (Å²) in [6.45, 7) is 2.02. The summed E-state index contributed by atoms with van der Waals surface area (Å²) < 4.78 is 7.74. The summed E-state index contributed by atoms with van der Waals surface area (Å²) in [7, 11) is 0. The number of para-hydroxylation sites is 1. The molecule has 70 valence electrons. The monoisotopic (exact) mass is 289 g/mol. The van der Waals surface area contributed by atoms with Gasteiger partial charge >= 0.3 is 0 Å². The van der Waals surface area contributed by atoms with Gasteiger partial charge in [0.25, 0.3) is 0 Å². The Kier molecular flexibility index (Phi) is 3.88. The van der Waals surface area contributed by atoms with Gasteiger partial charge in [0.1, 0.15) is 0 Å². The Morgan fingerprint density at radius 2 is 2.23 bits per heavy atom. The number of hydrogen-bond donors (Lipinski definition) is 2. The largest absolute Gasteiger partial charge is 0.369 e. The lowest BCUT2D eigenvalue weighted by Crippen LogP contribution is -2.21. The van der Waals surface area contributed by atoms with Crippen molar-refractivity contribution in [1.29, 1.82) is 0 Å². The molecule has 0 aliphatic carbocycles. The molecule has 4 heteroatoms. The third-order valence-corrected chi connectivity index (χ3v) is 2.42. The van der Waals surface area contributed by atoms with Crippen LogP contribution < -0.4 is 11.1 Å². The molecule has 0 aromatic heterocycles. The van der Waals surface area contributed by atoms with Crippen LogP contribution in [-0.2, 0) is 0 Å². The highest BCUT2D eigenvalue weighted by Crippen LogP contribution is 2.12. The van der Waals surface area contributed by atoms with E-state index >= 15 is 0 Å². The molecule has 0 amide bonds. The quantitative estimate of drug-likeness (QED) is 0.497. The van der Waals surface area contributed by atoms with E-state index in [2.05, 4.69) is 13.0 Å². The van der Waals surface area contributed by atoms with E-state index in [1.54, 1.807) is 0 Å². The number of halogens is 1. The molecule has 0 radical (unpaired) electrons. The lowest BCUT2D eigenvalue weighted by molar-refractivity contribution is 1.44. The third kappa shape index (κ3) is 3.14. The van der Waals surface area contributed by atoms with E-state index in [1.165, 1.54) is 0 Å². The molecular weight excluding hydrogens is 277 g/mol. The van der Waals surface area contributed by atoms with Gasteiger partial charge in [-0.1, -0.05) is 18.2 Å². The average Bonchev–Trinajstić information content (AvgIpc) is 2.09. The van der Waals surface area contributed by atoms with E-state index in [1.807, 2.05) is 31.2 Å². The zero-order valence-electron chi connectivity index (χ0n) is 7.42. The molecule has 0 atom stereocenters. The highest BCUT2D eigenvalue weighted by Gasteiger charge is 1.96. The van der Waals surface area contributed by atoms with Gasteiger partial charge in [-0.05, 0) is 23.1 Å². The predicted octanol–water partition coefficient (Wildman–Crippen LogP) is 2.04. The van der Waals surface area contributed by atoms with Gasteiger partial charge in [-0.2, -0.15) is 3.21 Å². The van der Waals surface area contributed by atoms with Crippen molar-refractivity contribution in [1.82, 2.24) is 0 Å². The van der Waals surface area contributed by atoms with Gasteiger partial charge in [-0.25, -0.2) is 0 Å². The second kappa shape index (κ2) is 4.96. The van der Waals surface area contributed by atoms with Crippen molar-refractivity contribution < 1.29 is 0 Å². The number of guanidine groups is 1. The Morgan fingerprint density at radius 1 is 1.54 bits per heavy atom. The molecule has 0 saturated carbocycles. The van der Waals surface area contributed by atoms with Gasteiger partial charge in [0.15, 0.2) is 0 Å². The van der Waals surface area contributed by atoms with E-state index in [0.717, 1.165) is 11.3 Å². The minimum absolute atomic E-state index is 0.391. The number of aryl methyl sites for hydroxylation is 1. The average molecular weight is 289 g/mol. The molecule has 0 unspecified atom stereocenters. The van der Waals surface area contributed by atoms with Gasteiger partial charge in [0.05, 0.1) is 0 Å². The zero-order valence-corrected chi connectivity index (χ0v) is 9.58. The van der Waals surface area contributed by atoms with Crippen LogP contribution in [0.5, 0.6) is 0 Å². The highest BCUT2D eigenvalue weighted by molar-refractivity contribution is 14.2. The van der Waals surface area contributed by atoms with Crippen LogP contribution in [-0.4, -0.2) is 10.5 Å². The molecule has 1 aromatic carbocycles. The van der Waals surface area contributed by atoms with E-state index in [0.29, 0.717) is 5.96 Å². The van der Waals surface area contributed by atoms with Crippen LogP contribution in [0.15, 0.2) is 27.5 Å². The molecule has 13 heavy (non-hydrogen) atoms. The van der Waals surface area contributed by atoms with Crippen molar-refractivity contribution >= 4 is 37.2 Å². The Bertz CT molecular complexity index is 333. The van der Waals surface area contributed by atoms with E-state index in [9.17, 15) is 0 Å². The summed E-state index contributed by atoms with van der Waals surface area (Å²) in [5, 5.41) is 3.03. The smallest absolute Gasteiger partial charge is 0.202 e. The molecule has 0 spiro atoms. The van der Waals surface area contributed by atoms with Crippen molar-refractivity contribution in [2.75, 3.05) is 5.32 Å². The van der Waals surface area contributed by atoms with Crippen LogP contribution in [0.3, 0.4) is 0 Å². The predicted molar refractivity (Wildman–Crippen MR) is 67.6 cm³/mol. The number of nitrogens with two attached hydrogens (primary N) is 1. The van der Waals surface area contributed by atoms with Crippen molar-refractivity contribution in [3.63, 3.8) is 0 Å². The molecule has 3 nitrogen and oxygen atoms in total. The molecule has 0 fully saturated rings. The fourth-order valence-corrected chi connectivity index (χ4v) is 1.42. The Morgan fingerprint density at radius 3 is 2.85 bits per heavy atom. The van der Waals surface area contributed by atoms with Crippen molar-refractivity contribution in [2.45, 2.75) is 6.92 Å². The number of rotatable bonds is 2. The molecule has 0 heterocycles. The second-order valence-electron chi connectivity index (χ2n) is 2.53. The number of nitrogens with one attached hydrogen (secondary N) is 1. The molecule has 3 N–H and O–H groups in total. The molecule has 0 aliphatic heterocycles. The Hall–Kier alpha value is -0.910. The third-order valence-electron chi connectivity index (χ3n) is 1.56. The lowest BCUT2D eigenvalue weighted by atomic mass is 10.2. The van der Waals surface area contributed by atoms with Gasteiger partial charge in [-0.3, -0.25) is 0 Å². The van der Waals surface area contributed by atoms with E-state index in [4.69, 9.17) is 5.73 Å². The maximum Gasteiger partial charge on any atom is 0.202 e. The Balaban J connectivity index is 2.80. The van der Waals surface area contributed by atoms with Crippen LogP contribution in [0.25, 0.3) is 0 Å². The van der Waals surface area contributed by atoms with Gasteiger partial charge in [0.2, 0.25) is 5.96 Å². The summed E-state index contributed by atoms with van der Waals surface area (Å²) >= 11 is -0.391. The van der Waals surface area contributed by atoms with Crippen LogP contribution in [0, 0.1) is 6.92 Å². The molecule has 0 saturated heterocycles. The van der Waals surface area contributed by atoms with Crippen LogP contribution >= 0.6 is 21.0 Å². The normalized spacial score (nSPS) is 11.3. The first-order valence-corrected chi connectivity index (χ1v) is 6.27. The fourth-order valence-electron chi connectivity index (χ4n) is 0.937. The topological polar surface area (TPSA) is 50.4 Å². The van der Waals surface area contributed by atoms with Gasteiger partial charge in [-0.15, -0.1) is 0 Å². The summed E-state index contributed by atoms with van der Waals surface area (Å²) in [5.74, 6) is 0.456. The molecule has 0 aliphatic rings. The number of hydrogen-bond acceptors (Lipinski definition) is 1. The minimum atomic E-state index is -0.391. The van der Waals surface area contributed by atoms with Crippen molar-refractivity contribution in [3.05, 3.63) is 29.8 Å². The molecule has 1 rings (SSSR count). The first-order chi connectivity index (χ1) is 6.24. The van der Waals surface area contributed by atoms with Crippen LogP contribution in [0.1, 0.15) is 5.56 Å². The number of anilines is 1. The Labute approximate surface area is 88.2 Å². The SMILES string of the molecule is C=IN=C(N)Nc1ccccc1C.